The Hall–Kier alpha value is -9.81. The minimum absolute atomic E-state index is 0. The van der Waals surface area contributed by atoms with E-state index in [9.17, 15) is 19.3 Å². The van der Waals surface area contributed by atoms with Gasteiger partial charge in [-0.15, -0.1) is 5.60 Å². The Bertz CT molecular complexity index is 7310. The molecule has 3 saturated carbocycles. The number of aromatic amines is 1. The number of carbonyl (C=O) groups is 2. The maximum Gasteiger partial charge on any atom is 1.00 e. The van der Waals surface area contributed by atoms with Crippen LogP contribution in [-0.4, -0.2) is 66.8 Å². The van der Waals surface area contributed by atoms with E-state index in [0.29, 0.717) is 38.9 Å². The molecule has 20 aromatic rings. The Labute approximate surface area is 941 Å². The molecule has 145 heavy (non-hydrogen) atoms. The number of halogens is 6. The van der Waals surface area contributed by atoms with Crippen molar-refractivity contribution < 1.29 is 84.4 Å². The average Bonchev–Trinajstić information content (AvgIpc) is 1.59. The predicted octanol–water partition coefficient (Wildman–Crippen LogP) is 33.8. The van der Waals surface area contributed by atoms with Gasteiger partial charge in [-0.25, -0.2) is 0 Å². The first kappa shape index (κ1) is 106. The fourth-order valence-corrected chi connectivity index (χ4v) is 25.6. The quantitative estimate of drug-likeness (QED) is 0.0845. The van der Waals surface area contributed by atoms with Gasteiger partial charge in [0.25, 0.3) is 0 Å². The van der Waals surface area contributed by atoms with E-state index in [2.05, 4.69) is 459 Å². The van der Waals surface area contributed by atoms with Crippen LogP contribution in [0.15, 0.2) is 383 Å². The molecule has 15 aromatic carbocycles. The number of carbonyl (C=O) groups excluding carboxylic acids is 2. The Morgan fingerprint density at radius 2 is 0.531 bits per heavy atom. The number of hydrogen-bond donors (Lipinski definition) is 1. The number of H-pyrrole nitrogens is 1. The van der Waals surface area contributed by atoms with Crippen molar-refractivity contribution in [2.45, 2.75) is 136 Å². The molecule has 4 fully saturated rings. The van der Waals surface area contributed by atoms with E-state index in [4.69, 9.17) is 13.8 Å². The molecular weight excluding hydrogens is 2230 g/mol. The molecule has 3 aliphatic carbocycles. The minimum Gasteiger partial charge on any atom is -0.850 e. The fourth-order valence-electron chi connectivity index (χ4n) is 19.9. The number of ketones is 2. The molecule has 24 rings (SSSR count). The summed E-state index contributed by atoms with van der Waals surface area (Å²) in [6.45, 7) is 11.3. The molecule has 4 aliphatic rings. The zero-order valence-corrected chi connectivity index (χ0v) is 95.9. The second-order valence-electron chi connectivity index (χ2n) is 37.8. The number of aromatic nitrogens is 5. The molecule has 1 saturated heterocycles. The van der Waals surface area contributed by atoms with Crippen LogP contribution in [0.4, 0.5) is 0 Å². The monoisotopic (exact) mass is 2340 g/mol. The number of fused-ring (bicyclic) bond motifs is 15. The maximum absolute atomic E-state index is 12.3. The standard InChI is InChI=1S/C68H48N4.C20H16Br4.C12H9N.C11H15Br2O3P.C6H8O2.C4H8O.C4H9O.K/c1-9-25-61-53(17-1)54-18-2-10-26-62(54)69(61)49-39-47(40-50(43-49)70-63-27-11-3-19-55(63)56-20-4-12-28-64(56)70)37-45-33-35-46(36-34-45)38-48-41-51(71-65-29-13-5-21-57(65)58-22-6-14-30-66(58)71)44-52(42-48)72-67-31-15-7-23-59(67)60-24-8-16-32-68(60)72;21-17-7-15(8-18(22)11-17)5-13-1-2-14(4-3-13)6-16-9-19(23)12-20(24)10-16;1-3-7-11-9(5-1)10-6-2-4-8-12(10)13-11;1-3-15-17(14,16-4-2)8-9-5-10(12)7-11(13)6-9;7-5-1-2-6(8)4-3-5;1-2-4-5-3-1;1-4(2,3)5;/h1-32,37-44H,33-36H2;5-12H,1-4H2;1-8,13H;5-7H,3-4,8H2,1-2H3;1-4H2;1-4H2;1-3H3;/q;;;;;;-1;+1. The van der Waals surface area contributed by atoms with Crippen molar-refractivity contribution >= 4 is 248 Å². The first-order chi connectivity index (χ1) is 69.9. The van der Waals surface area contributed by atoms with Crippen molar-refractivity contribution in [1.82, 2.24) is 23.3 Å². The van der Waals surface area contributed by atoms with E-state index in [-0.39, 0.29) is 69.1 Å². The predicted molar refractivity (Wildman–Crippen MR) is 623 cm³/mol. The number of nitrogens with zero attached hydrogens (tertiary/aromatic N) is 4. The summed E-state index contributed by atoms with van der Waals surface area (Å²) in [4.78, 5) is 24.3. The van der Waals surface area contributed by atoms with E-state index < -0.39 is 13.2 Å². The van der Waals surface area contributed by atoms with E-state index in [1.165, 1.54) is 166 Å². The Morgan fingerprint density at radius 3 is 0.759 bits per heavy atom. The average molecular weight is 2350 g/mol. The van der Waals surface area contributed by atoms with Crippen molar-refractivity contribution in [3.63, 3.8) is 0 Å². The number of Topliss-reactive ketones (excluding diaryl/α,β-unsaturated/α-hetero) is 2. The minimum atomic E-state index is -3.02. The number of benzene rings is 15. The molecule has 728 valence electrons. The molecule has 0 spiro atoms. The van der Waals surface area contributed by atoms with Gasteiger partial charge in [0.1, 0.15) is 11.6 Å². The summed E-state index contributed by atoms with van der Waals surface area (Å²) < 4.78 is 44.0. The number of rotatable bonds is 14. The molecule has 0 amide bonds. The zero-order valence-electron chi connectivity index (χ0n) is 82.4. The van der Waals surface area contributed by atoms with E-state index >= 15 is 0 Å². The first-order valence-electron chi connectivity index (χ1n) is 49.5. The number of para-hydroxylation sites is 10. The molecular formula is C125H113Br6KN5O7P. The van der Waals surface area contributed by atoms with Crippen LogP contribution in [-0.2, 0) is 34.1 Å². The Balaban J connectivity index is 0.000000158. The summed E-state index contributed by atoms with van der Waals surface area (Å²) in [5.41, 5.74) is 28.0. The van der Waals surface area contributed by atoms with Crippen LogP contribution in [0.3, 0.4) is 0 Å². The number of allylic oxidation sites excluding steroid dienone is 4. The molecule has 6 heterocycles. The zero-order chi connectivity index (χ0) is 100.0. The summed E-state index contributed by atoms with van der Waals surface area (Å²) in [7, 11) is -3.02. The topological polar surface area (TPSA) is 137 Å². The molecule has 5 aromatic heterocycles. The third-order valence-corrected chi connectivity index (χ3v) is 30.9. The van der Waals surface area contributed by atoms with Crippen molar-refractivity contribution in [1.29, 1.82) is 0 Å². The number of nitrogens with one attached hydrogen (secondary N) is 1. The molecule has 0 atom stereocenters. The van der Waals surface area contributed by atoms with Gasteiger partial charge in [-0.3, -0.25) is 14.2 Å². The third kappa shape index (κ3) is 26.7. The molecule has 0 radical (unpaired) electrons. The summed E-state index contributed by atoms with van der Waals surface area (Å²) >= 11 is 21.0. The summed E-state index contributed by atoms with van der Waals surface area (Å²) in [5, 5.41) is 22.9. The fraction of sp³-hybridized carbons (Fsp3) is 0.200. The van der Waals surface area contributed by atoms with Gasteiger partial charge >= 0.3 is 59.0 Å². The van der Waals surface area contributed by atoms with Gasteiger partial charge in [0.15, 0.2) is 0 Å². The van der Waals surface area contributed by atoms with Crippen molar-refractivity contribution in [3.8, 4) is 22.7 Å². The van der Waals surface area contributed by atoms with Crippen LogP contribution < -0.4 is 56.5 Å². The van der Waals surface area contributed by atoms with E-state index in [1.54, 1.807) is 20.8 Å². The summed E-state index contributed by atoms with van der Waals surface area (Å²) in [5.74, 6) is 0.481. The second kappa shape index (κ2) is 49.5. The molecule has 12 nitrogen and oxygen atoms in total. The largest absolute Gasteiger partial charge is 1.00 e. The first-order valence-corrected chi connectivity index (χ1v) is 55.9. The molecule has 1 aliphatic heterocycles. The molecule has 0 bridgehead atoms. The number of ether oxygens (including phenoxy) is 1. The SMILES string of the molecule is Brc1cc(Br)cc(C=C2CCC(=Cc3cc(Br)cc(Br)c3)CC2)c1.C(=C1CCC(=Cc2cc(-n3c4ccccc4c4ccccc43)cc(-n3c4ccccc4c4ccccc43)c2)CC1)c1cc(-n2c3ccccc3c3ccccc32)cc(-n2c3ccccc3c3ccccc32)c1.C1CCOC1.CC(C)(C)[O-].CCOP(=O)(Cc1cc(Br)cc(Br)c1)OCC.O=C1CCC(=O)CC1.[K+].c1ccc2c(c1)[nH]c1ccccc12. The summed E-state index contributed by atoms with van der Waals surface area (Å²) in [6.07, 6.45) is 23.1. The second-order valence-corrected chi connectivity index (χ2v) is 45.3. The van der Waals surface area contributed by atoms with Crippen molar-refractivity contribution in [2.24, 2.45) is 0 Å². The van der Waals surface area contributed by atoms with Gasteiger partial charge in [0.2, 0.25) is 0 Å². The molecule has 20 heteroatoms. The van der Waals surface area contributed by atoms with Crippen LogP contribution in [0.25, 0.3) is 156 Å². The third-order valence-electron chi connectivity index (χ3n) is 26.1. The van der Waals surface area contributed by atoms with Crippen molar-refractivity contribution in [3.05, 3.63) is 411 Å². The smallest absolute Gasteiger partial charge is 0.850 e. The maximum atomic E-state index is 12.3. The van der Waals surface area contributed by atoms with Crippen LogP contribution in [0.2, 0.25) is 0 Å². The number of hydrogen-bond acceptors (Lipinski definition) is 7. The van der Waals surface area contributed by atoms with Crippen LogP contribution >= 0.6 is 103 Å². The van der Waals surface area contributed by atoms with Crippen LogP contribution in [0.5, 0.6) is 0 Å². The van der Waals surface area contributed by atoms with E-state index in [0.717, 1.165) is 120 Å². The van der Waals surface area contributed by atoms with Gasteiger partial charge in [-0.1, -0.05) is 345 Å². The van der Waals surface area contributed by atoms with Gasteiger partial charge in [-0.2, -0.15) is 0 Å². The summed E-state index contributed by atoms with van der Waals surface area (Å²) in [6, 6.07) is 120. The van der Waals surface area contributed by atoms with Gasteiger partial charge < -0.3 is 42.1 Å². The molecule has 0 unspecified atom stereocenters. The van der Waals surface area contributed by atoms with Crippen LogP contribution in [0.1, 0.15) is 152 Å². The van der Waals surface area contributed by atoms with E-state index in [1.807, 2.05) is 32.0 Å². The van der Waals surface area contributed by atoms with Gasteiger partial charge in [0, 0.05) is 153 Å². The van der Waals surface area contributed by atoms with Crippen molar-refractivity contribution in [2.75, 3.05) is 26.4 Å². The Morgan fingerprint density at radius 1 is 0.317 bits per heavy atom. The van der Waals surface area contributed by atoms with Crippen LogP contribution in [0, 0.1) is 0 Å². The normalized spacial score (nSPS) is 13.8. The van der Waals surface area contributed by atoms with Gasteiger partial charge in [0.05, 0.1) is 63.5 Å². The van der Waals surface area contributed by atoms with Gasteiger partial charge in [-0.05, 0) is 258 Å². The Kier molecular flexibility index (Phi) is 36.4. The molecule has 1 N–H and O–H groups in total.